The summed E-state index contributed by atoms with van der Waals surface area (Å²) in [4.78, 5) is 16.5. The predicted molar refractivity (Wildman–Crippen MR) is 132 cm³/mol. The van der Waals surface area contributed by atoms with Gasteiger partial charge in [-0.1, -0.05) is 53.2 Å². The molecule has 1 N–H and O–H groups in total. The first-order valence-corrected chi connectivity index (χ1v) is 11.5. The van der Waals surface area contributed by atoms with Crippen molar-refractivity contribution in [2.75, 3.05) is 5.75 Å². The number of amides is 1. The molecule has 0 aliphatic carbocycles. The zero-order valence-corrected chi connectivity index (χ0v) is 19.6. The summed E-state index contributed by atoms with van der Waals surface area (Å²) in [6.07, 6.45) is 3.43. The van der Waals surface area contributed by atoms with Crippen LogP contribution in [0.2, 0.25) is 5.02 Å². The van der Waals surface area contributed by atoms with Crippen LogP contribution < -0.4 is 5.43 Å². The predicted octanol–water partition coefficient (Wildman–Crippen LogP) is 4.92. The Bertz CT molecular complexity index is 1270. The number of aryl methyl sites for hydroxylation is 1. The molecule has 4 aromatic rings. The average Bonchev–Trinajstić information content (AvgIpc) is 3.26. The van der Waals surface area contributed by atoms with Crippen LogP contribution in [0.1, 0.15) is 18.1 Å². The minimum absolute atomic E-state index is 0.137. The van der Waals surface area contributed by atoms with Crippen molar-refractivity contribution in [1.82, 2.24) is 25.2 Å². The van der Waals surface area contributed by atoms with Crippen molar-refractivity contribution < 1.29 is 4.79 Å². The van der Waals surface area contributed by atoms with E-state index in [0.717, 1.165) is 22.4 Å². The molecule has 4 rings (SSSR count). The van der Waals surface area contributed by atoms with E-state index in [-0.39, 0.29) is 11.7 Å². The minimum Gasteiger partial charge on any atom is -0.272 e. The smallest absolute Gasteiger partial charge is 0.250 e. The molecule has 0 aliphatic heterocycles. The fraction of sp³-hybridized carbons (Fsp3) is 0.125. The zero-order valence-electron chi connectivity index (χ0n) is 18.1. The monoisotopic (exact) mass is 476 g/mol. The summed E-state index contributed by atoms with van der Waals surface area (Å²) in [6.45, 7) is 3.86. The van der Waals surface area contributed by atoms with Crippen LogP contribution in [0.5, 0.6) is 0 Å². The second-order valence-corrected chi connectivity index (χ2v) is 8.62. The first-order chi connectivity index (χ1) is 16.0. The van der Waals surface area contributed by atoms with Crippen LogP contribution in [0.15, 0.2) is 83.3 Å². The van der Waals surface area contributed by atoms with Gasteiger partial charge in [-0.3, -0.25) is 14.3 Å². The standard InChI is InChI=1S/C24H21ClN6OS/c1-16-3-9-21(10-4-16)31-23(19-11-13-26-14-12-19)29-30-24(31)33-15-22(32)28-27-17(2)18-5-7-20(25)8-6-18/h3-14H,15H2,1-2H3,(H,28,32)/b27-17-. The second kappa shape index (κ2) is 10.4. The number of halogens is 1. The molecule has 9 heteroatoms. The van der Waals surface area contributed by atoms with Crippen LogP contribution >= 0.6 is 23.4 Å². The lowest BCUT2D eigenvalue weighted by molar-refractivity contribution is -0.118. The van der Waals surface area contributed by atoms with Gasteiger partial charge in [-0.2, -0.15) is 5.10 Å². The molecule has 166 valence electrons. The molecule has 33 heavy (non-hydrogen) atoms. The molecule has 0 unspecified atom stereocenters. The van der Waals surface area contributed by atoms with E-state index in [1.165, 1.54) is 11.8 Å². The molecule has 2 aromatic carbocycles. The summed E-state index contributed by atoms with van der Waals surface area (Å²) >= 11 is 7.21. The molecule has 0 saturated carbocycles. The summed E-state index contributed by atoms with van der Waals surface area (Å²) in [5.41, 5.74) is 7.12. The van der Waals surface area contributed by atoms with Gasteiger partial charge in [-0.05, 0) is 55.8 Å². The van der Waals surface area contributed by atoms with Gasteiger partial charge in [0.05, 0.1) is 11.5 Å². The number of nitrogens with one attached hydrogen (secondary N) is 1. The summed E-state index contributed by atoms with van der Waals surface area (Å²) in [5, 5.41) is 14.2. The van der Waals surface area contributed by atoms with Gasteiger partial charge in [0.1, 0.15) is 0 Å². The first kappa shape index (κ1) is 22.7. The Kier molecular flexibility index (Phi) is 7.16. The Hall–Kier alpha value is -3.49. The van der Waals surface area contributed by atoms with E-state index >= 15 is 0 Å². The van der Waals surface area contributed by atoms with Crippen molar-refractivity contribution in [1.29, 1.82) is 0 Å². The quantitative estimate of drug-likeness (QED) is 0.232. The minimum atomic E-state index is -0.239. The van der Waals surface area contributed by atoms with E-state index in [2.05, 4.69) is 25.7 Å². The molecule has 0 aliphatic rings. The van der Waals surface area contributed by atoms with Crippen LogP contribution in [-0.4, -0.2) is 37.1 Å². The van der Waals surface area contributed by atoms with Gasteiger partial charge >= 0.3 is 0 Å². The van der Waals surface area contributed by atoms with Crippen molar-refractivity contribution in [2.24, 2.45) is 5.10 Å². The molecule has 0 saturated heterocycles. The van der Waals surface area contributed by atoms with Crippen LogP contribution in [0.3, 0.4) is 0 Å². The normalized spacial score (nSPS) is 11.4. The maximum atomic E-state index is 12.4. The lowest BCUT2D eigenvalue weighted by Gasteiger charge is -2.10. The lowest BCUT2D eigenvalue weighted by atomic mass is 10.1. The molecule has 0 fully saturated rings. The Morgan fingerprint density at radius 3 is 2.42 bits per heavy atom. The molecular formula is C24H21ClN6OS. The van der Waals surface area contributed by atoms with Crippen LogP contribution in [0.25, 0.3) is 17.1 Å². The maximum Gasteiger partial charge on any atom is 0.250 e. The van der Waals surface area contributed by atoms with E-state index in [1.807, 2.05) is 66.9 Å². The first-order valence-electron chi connectivity index (χ1n) is 10.2. The highest BCUT2D eigenvalue weighted by molar-refractivity contribution is 7.99. The van der Waals surface area contributed by atoms with Gasteiger partial charge in [0.15, 0.2) is 11.0 Å². The Morgan fingerprint density at radius 1 is 1.03 bits per heavy atom. The number of hydrogen-bond donors (Lipinski definition) is 1. The largest absolute Gasteiger partial charge is 0.272 e. The molecule has 2 aromatic heterocycles. The molecule has 0 radical (unpaired) electrons. The second-order valence-electron chi connectivity index (χ2n) is 7.24. The Balaban J connectivity index is 1.51. The summed E-state index contributed by atoms with van der Waals surface area (Å²) in [5.74, 6) is 0.579. The van der Waals surface area contributed by atoms with E-state index < -0.39 is 0 Å². The van der Waals surface area contributed by atoms with Crippen molar-refractivity contribution >= 4 is 35.0 Å². The summed E-state index contributed by atoms with van der Waals surface area (Å²) in [7, 11) is 0. The number of aromatic nitrogens is 4. The summed E-state index contributed by atoms with van der Waals surface area (Å²) in [6, 6.07) is 19.1. The third-order valence-corrected chi connectivity index (χ3v) is 5.99. The van der Waals surface area contributed by atoms with Gasteiger partial charge in [-0.25, -0.2) is 5.43 Å². The topological polar surface area (TPSA) is 85.1 Å². The van der Waals surface area contributed by atoms with Gasteiger partial charge in [0.25, 0.3) is 5.91 Å². The van der Waals surface area contributed by atoms with Crippen LogP contribution in [0, 0.1) is 6.92 Å². The zero-order chi connectivity index (χ0) is 23.2. The number of carbonyl (C=O) groups excluding carboxylic acids is 1. The number of nitrogens with zero attached hydrogens (tertiary/aromatic N) is 5. The fourth-order valence-corrected chi connectivity index (χ4v) is 3.91. The van der Waals surface area contributed by atoms with Crippen molar-refractivity contribution in [3.63, 3.8) is 0 Å². The van der Waals surface area contributed by atoms with Gasteiger partial charge in [0, 0.05) is 28.7 Å². The number of pyridine rings is 1. The molecule has 7 nitrogen and oxygen atoms in total. The molecule has 2 heterocycles. The van der Waals surface area contributed by atoms with E-state index in [9.17, 15) is 4.79 Å². The maximum absolute atomic E-state index is 12.4. The molecular weight excluding hydrogens is 456 g/mol. The number of carbonyl (C=O) groups is 1. The number of rotatable bonds is 7. The van der Waals surface area contributed by atoms with Gasteiger partial charge in [-0.15, -0.1) is 10.2 Å². The Morgan fingerprint density at radius 2 is 1.73 bits per heavy atom. The highest BCUT2D eigenvalue weighted by Crippen LogP contribution is 2.27. The Labute approximate surface area is 200 Å². The fourth-order valence-electron chi connectivity index (χ4n) is 3.04. The molecule has 1 amide bonds. The number of benzene rings is 2. The molecule has 0 spiro atoms. The van der Waals surface area contributed by atoms with Crippen molar-refractivity contribution in [3.05, 3.63) is 89.2 Å². The van der Waals surface area contributed by atoms with Crippen molar-refractivity contribution in [2.45, 2.75) is 19.0 Å². The number of hydrogen-bond acceptors (Lipinski definition) is 6. The highest BCUT2D eigenvalue weighted by Gasteiger charge is 2.17. The highest BCUT2D eigenvalue weighted by atomic mass is 35.5. The third-order valence-electron chi connectivity index (χ3n) is 4.81. The third kappa shape index (κ3) is 5.66. The average molecular weight is 477 g/mol. The molecule has 0 atom stereocenters. The van der Waals surface area contributed by atoms with Gasteiger partial charge < -0.3 is 0 Å². The van der Waals surface area contributed by atoms with Crippen LogP contribution in [-0.2, 0) is 4.79 Å². The van der Waals surface area contributed by atoms with E-state index in [1.54, 1.807) is 24.5 Å². The van der Waals surface area contributed by atoms with Crippen molar-refractivity contribution in [3.8, 4) is 17.1 Å². The number of thioether (sulfide) groups is 1. The molecule has 0 bridgehead atoms. The van der Waals surface area contributed by atoms with E-state index in [4.69, 9.17) is 11.6 Å². The van der Waals surface area contributed by atoms with E-state index in [0.29, 0.717) is 21.7 Å². The SMILES string of the molecule is C/C(=N/NC(=O)CSc1nnc(-c2ccncc2)n1-c1ccc(C)cc1)c1ccc(Cl)cc1. The van der Waals surface area contributed by atoms with Gasteiger partial charge in [0.2, 0.25) is 0 Å². The number of hydrazone groups is 1. The lowest BCUT2D eigenvalue weighted by Crippen LogP contribution is -2.21. The van der Waals surface area contributed by atoms with Crippen LogP contribution in [0.4, 0.5) is 0 Å². The summed E-state index contributed by atoms with van der Waals surface area (Å²) < 4.78 is 1.94.